The summed E-state index contributed by atoms with van der Waals surface area (Å²) in [5.74, 6) is 0.392. The van der Waals surface area contributed by atoms with Crippen LogP contribution in [0.3, 0.4) is 0 Å². The zero-order valence-corrected chi connectivity index (χ0v) is 18.1. The number of nitrogens with one attached hydrogen (secondary N) is 2. The minimum Gasteiger partial charge on any atom is -0.497 e. The Hall–Kier alpha value is -4.05. The maximum atomic E-state index is 13.0. The number of hydrogen-bond donors (Lipinski definition) is 2. The average molecular weight is 445 g/mol. The van der Waals surface area contributed by atoms with Crippen LogP contribution in [0.4, 0.5) is 17.2 Å². The smallest absolute Gasteiger partial charge is 0.276 e. The number of hydrogen-bond acceptors (Lipinski definition) is 8. The molecule has 2 amide bonds. The predicted octanol–water partition coefficient (Wildman–Crippen LogP) is 1.70. The highest BCUT2D eigenvalue weighted by atomic mass is 16.5. The van der Waals surface area contributed by atoms with E-state index in [0.717, 1.165) is 37.4 Å². The molecule has 2 aliphatic heterocycles. The van der Waals surface area contributed by atoms with Crippen LogP contribution in [-0.2, 0) is 6.54 Å². The van der Waals surface area contributed by atoms with Crippen molar-refractivity contribution < 1.29 is 14.3 Å². The Balaban J connectivity index is 1.36. The second kappa shape index (κ2) is 8.83. The Morgan fingerprint density at radius 3 is 2.79 bits per heavy atom. The van der Waals surface area contributed by atoms with Gasteiger partial charge in [0.15, 0.2) is 5.82 Å². The second-order valence-corrected chi connectivity index (χ2v) is 7.76. The fourth-order valence-electron chi connectivity index (χ4n) is 4.06. The zero-order chi connectivity index (χ0) is 22.8. The van der Waals surface area contributed by atoms with Gasteiger partial charge < -0.3 is 20.3 Å². The molecule has 5 rings (SSSR count). The summed E-state index contributed by atoms with van der Waals surface area (Å²) in [5.41, 5.74) is 3.05. The molecule has 4 heterocycles. The van der Waals surface area contributed by atoms with Crippen LogP contribution in [-0.4, -0.2) is 60.1 Å². The molecule has 168 valence electrons. The molecule has 33 heavy (non-hydrogen) atoms. The molecule has 0 spiro atoms. The number of pyridine rings is 1. The highest BCUT2D eigenvalue weighted by molar-refractivity contribution is 6.10. The molecule has 0 bridgehead atoms. The molecule has 2 aliphatic rings. The summed E-state index contributed by atoms with van der Waals surface area (Å²) in [7, 11) is 1.58. The van der Waals surface area contributed by atoms with Crippen molar-refractivity contribution in [3.8, 4) is 5.75 Å². The van der Waals surface area contributed by atoms with Gasteiger partial charge in [-0.25, -0.2) is 4.98 Å². The van der Waals surface area contributed by atoms with Crippen molar-refractivity contribution >= 4 is 29.0 Å². The number of carbonyl (C=O) groups excluding carboxylic acids is 2. The first-order valence-electron chi connectivity index (χ1n) is 10.7. The van der Waals surface area contributed by atoms with Crippen molar-refractivity contribution in [3.05, 3.63) is 65.9 Å². The summed E-state index contributed by atoms with van der Waals surface area (Å²) in [5, 5.41) is 6.22. The molecule has 2 N–H and O–H groups in total. The van der Waals surface area contributed by atoms with Gasteiger partial charge in [-0.15, -0.1) is 0 Å². The fraction of sp³-hybridized carbons (Fsp3) is 0.261. The van der Waals surface area contributed by atoms with Crippen molar-refractivity contribution in [2.24, 2.45) is 0 Å². The maximum absolute atomic E-state index is 13.0. The quantitative estimate of drug-likeness (QED) is 0.610. The molecule has 1 fully saturated rings. The van der Waals surface area contributed by atoms with Gasteiger partial charge in [0.25, 0.3) is 11.8 Å². The van der Waals surface area contributed by atoms with Crippen molar-refractivity contribution in [1.29, 1.82) is 0 Å². The lowest BCUT2D eigenvalue weighted by molar-refractivity contribution is 0.0990. The standard InChI is InChI=1S/C23H23N7O3/c1-33-16-2-3-17-15(10-16)14-30(23(17)32)21-13-26-12-19(27-21)22(31)28-18-11-25-5-4-20(18)29-8-6-24-7-9-29/h2-5,10-13,24H,6-9,14H2,1H3,(H,28,31). The Bertz CT molecular complexity index is 1210. The minimum absolute atomic E-state index is 0.115. The van der Waals surface area contributed by atoms with Crippen LogP contribution < -0.4 is 25.2 Å². The molecule has 0 saturated carbocycles. The van der Waals surface area contributed by atoms with E-state index in [2.05, 4.69) is 30.5 Å². The molecular weight excluding hydrogens is 422 g/mol. The van der Waals surface area contributed by atoms with Gasteiger partial charge in [0.05, 0.1) is 43.6 Å². The van der Waals surface area contributed by atoms with E-state index in [1.807, 2.05) is 12.1 Å². The Morgan fingerprint density at radius 2 is 1.97 bits per heavy atom. The molecule has 2 aromatic heterocycles. The number of amides is 2. The minimum atomic E-state index is -0.417. The second-order valence-electron chi connectivity index (χ2n) is 7.76. The number of carbonyl (C=O) groups is 2. The van der Waals surface area contributed by atoms with E-state index in [-0.39, 0.29) is 11.6 Å². The van der Waals surface area contributed by atoms with Crippen molar-refractivity contribution in [2.45, 2.75) is 6.54 Å². The van der Waals surface area contributed by atoms with Gasteiger partial charge >= 0.3 is 0 Å². The summed E-state index contributed by atoms with van der Waals surface area (Å²) in [6.07, 6.45) is 6.20. The number of ether oxygens (including phenoxy) is 1. The number of piperazine rings is 1. The van der Waals surface area contributed by atoms with Crippen LogP contribution >= 0.6 is 0 Å². The monoisotopic (exact) mass is 445 g/mol. The summed E-state index contributed by atoms with van der Waals surface area (Å²) in [6, 6.07) is 7.20. The van der Waals surface area contributed by atoms with Crippen LogP contribution in [0.25, 0.3) is 0 Å². The first-order valence-corrected chi connectivity index (χ1v) is 10.7. The molecule has 1 aromatic carbocycles. The number of nitrogens with zero attached hydrogens (tertiary/aromatic N) is 5. The van der Waals surface area contributed by atoms with Gasteiger partial charge in [-0.1, -0.05) is 0 Å². The Labute approximate surface area is 190 Å². The number of rotatable bonds is 5. The number of aromatic nitrogens is 3. The van der Waals surface area contributed by atoms with Crippen molar-refractivity contribution in [1.82, 2.24) is 20.3 Å². The van der Waals surface area contributed by atoms with Crippen LogP contribution in [0.1, 0.15) is 26.4 Å². The molecule has 0 aliphatic carbocycles. The largest absolute Gasteiger partial charge is 0.497 e. The molecule has 3 aromatic rings. The summed E-state index contributed by atoms with van der Waals surface area (Å²) in [6.45, 7) is 3.76. The molecule has 0 unspecified atom stereocenters. The van der Waals surface area contributed by atoms with Crippen LogP contribution in [0.5, 0.6) is 5.75 Å². The fourth-order valence-corrected chi connectivity index (χ4v) is 4.06. The maximum Gasteiger partial charge on any atom is 0.276 e. The Morgan fingerprint density at radius 1 is 1.12 bits per heavy atom. The van der Waals surface area contributed by atoms with Crippen LogP contribution in [0.15, 0.2) is 49.1 Å². The van der Waals surface area contributed by atoms with E-state index in [1.165, 1.54) is 17.3 Å². The van der Waals surface area contributed by atoms with Crippen LogP contribution in [0, 0.1) is 0 Å². The van der Waals surface area contributed by atoms with E-state index >= 15 is 0 Å². The highest BCUT2D eigenvalue weighted by Gasteiger charge is 2.30. The lowest BCUT2D eigenvalue weighted by atomic mass is 10.1. The number of benzene rings is 1. The molecule has 0 atom stereocenters. The lowest BCUT2D eigenvalue weighted by Crippen LogP contribution is -2.43. The SMILES string of the molecule is COc1ccc2c(c1)CN(c1cncc(C(=O)Nc3cnccc3N3CCNCC3)n1)C2=O. The first kappa shape index (κ1) is 20.8. The van der Waals surface area contributed by atoms with Gasteiger partial charge in [-0.3, -0.25) is 24.5 Å². The van der Waals surface area contributed by atoms with Crippen LogP contribution in [0.2, 0.25) is 0 Å². The Kier molecular flexibility index (Phi) is 5.57. The zero-order valence-electron chi connectivity index (χ0n) is 18.1. The number of fused-ring (bicyclic) bond motifs is 1. The summed E-state index contributed by atoms with van der Waals surface area (Å²) < 4.78 is 5.25. The summed E-state index contributed by atoms with van der Waals surface area (Å²) in [4.78, 5) is 42.3. The molecule has 10 nitrogen and oxygen atoms in total. The topological polar surface area (TPSA) is 113 Å². The third-order valence-corrected chi connectivity index (χ3v) is 5.75. The number of anilines is 3. The predicted molar refractivity (Wildman–Crippen MR) is 123 cm³/mol. The molecule has 0 radical (unpaired) electrons. The van der Waals surface area contributed by atoms with E-state index in [0.29, 0.717) is 29.4 Å². The highest BCUT2D eigenvalue weighted by Crippen LogP contribution is 2.30. The third kappa shape index (κ3) is 4.08. The average Bonchev–Trinajstić information content (AvgIpc) is 3.20. The van der Waals surface area contributed by atoms with E-state index in [9.17, 15) is 9.59 Å². The molecule has 1 saturated heterocycles. The van der Waals surface area contributed by atoms with Crippen molar-refractivity contribution in [2.75, 3.05) is 48.4 Å². The normalized spacial score (nSPS) is 15.4. The lowest BCUT2D eigenvalue weighted by Gasteiger charge is -2.30. The molecular formula is C23H23N7O3. The van der Waals surface area contributed by atoms with Gasteiger partial charge in [-0.05, 0) is 29.8 Å². The van der Waals surface area contributed by atoms with Gasteiger partial charge in [-0.2, -0.15) is 0 Å². The number of methoxy groups -OCH3 is 1. The van der Waals surface area contributed by atoms with Gasteiger partial charge in [0.2, 0.25) is 0 Å². The first-order chi connectivity index (χ1) is 16.1. The van der Waals surface area contributed by atoms with E-state index in [4.69, 9.17) is 4.74 Å². The molecule has 10 heteroatoms. The third-order valence-electron chi connectivity index (χ3n) is 5.75. The summed E-state index contributed by atoms with van der Waals surface area (Å²) >= 11 is 0. The van der Waals surface area contributed by atoms with Gasteiger partial charge in [0, 0.05) is 37.9 Å². The van der Waals surface area contributed by atoms with Crippen molar-refractivity contribution in [3.63, 3.8) is 0 Å². The van der Waals surface area contributed by atoms with Gasteiger partial charge in [0.1, 0.15) is 11.4 Å². The van der Waals surface area contributed by atoms with E-state index in [1.54, 1.807) is 31.6 Å². The van der Waals surface area contributed by atoms with E-state index < -0.39 is 5.91 Å².